The molecule has 0 bridgehead atoms. The first-order chi connectivity index (χ1) is 6.55. The molecule has 1 saturated heterocycles. The van der Waals surface area contributed by atoms with E-state index in [-0.39, 0.29) is 5.78 Å². The molecule has 1 aliphatic rings. The number of rotatable bonds is 3. The molecule has 0 aliphatic carbocycles. The van der Waals surface area contributed by atoms with Crippen molar-refractivity contribution < 1.29 is 14.3 Å². The number of ether oxygens (including phenoxy) is 2. The van der Waals surface area contributed by atoms with Crippen molar-refractivity contribution in [3.63, 3.8) is 0 Å². The number of ketones is 1. The second-order valence-electron chi connectivity index (χ2n) is 3.60. The van der Waals surface area contributed by atoms with E-state index >= 15 is 0 Å². The van der Waals surface area contributed by atoms with Gasteiger partial charge in [0, 0.05) is 0 Å². The minimum atomic E-state index is -0.630. The van der Waals surface area contributed by atoms with Gasteiger partial charge < -0.3 is 9.47 Å². The van der Waals surface area contributed by atoms with Crippen molar-refractivity contribution in [2.45, 2.75) is 32.7 Å². The predicted octanol–water partition coefficient (Wildman–Crippen LogP) is 1.84. The Morgan fingerprint density at radius 1 is 1.43 bits per heavy atom. The van der Waals surface area contributed by atoms with Gasteiger partial charge in [-0.05, 0) is 26.8 Å². The number of carbonyl (C=O) groups is 1. The quantitative estimate of drug-likeness (QED) is 0.510. The Kier molecular flexibility index (Phi) is 3.61. The molecule has 1 heterocycles. The first-order valence-corrected chi connectivity index (χ1v) is 4.70. The third-order valence-electron chi connectivity index (χ3n) is 1.89. The van der Waals surface area contributed by atoms with Crippen LogP contribution in [0.25, 0.3) is 0 Å². The molecule has 3 nitrogen and oxygen atoms in total. The van der Waals surface area contributed by atoms with Crippen LogP contribution in [0.15, 0.2) is 24.3 Å². The summed E-state index contributed by atoms with van der Waals surface area (Å²) in [5.74, 6) is -0.678. The van der Waals surface area contributed by atoms with E-state index in [1.165, 1.54) is 6.08 Å². The number of allylic oxidation sites excluding steroid dienone is 3. The lowest BCUT2D eigenvalue weighted by Gasteiger charge is -2.15. The zero-order valence-corrected chi connectivity index (χ0v) is 8.82. The summed E-state index contributed by atoms with van der Waals surface area (Å²) in [6, 6.07) is 0. The Balaban J connectivity index is 2.48. The molecule has 1 atom stereocenters. The standard InChI is InChI=1S/C11H16O3/c1-4-5-6-7-9(12)10-8-13-11(2,3)14-10/h4-7,10H,8H2,1-3H3/b5-4+,7-6+. The summed E-state index contributed by atoms with van der Waals surface area (Å²) in [4.78, 5) is 11.5. The van der Waals surface area contributed by atoms with Crippen LogP contribution in [-0.4, -0.2) is 24.3 Å². The first-order valence-electron chi connectivity index (χ1n) is 4.70. The summed E-state index contributed by atoms with van der Waals surface area (Å²) in [7, 11) is 0. The topological polar surface area (TPSA) is 35.5 Å². The Bertz CT molecular complexity index is 264. The van der Waals surface area contributed by atoms with Crippen LogP contribution in [0.4, 0.5) is 0 Å². The lowest BCUT2D eigenvalue weighted by atomic mass is 10.2. The SMILES string of the molecule is C/C=C/C=C/C(=O)C1COC(C)(C)O1. The fourth-order valence-electron chi connectivity index (χ4n) is 1.20. The highest BCUT2D eigenvalue weighted by atomic mass is 16.7. The smallest absolute Gasteiger partial charge is 0.186 e. The minimum absolute atomic E-state index is 0.0475. The fraction of sp³-hybridized carbons (Fsp3) is 0.545. The average molecular weight is 196 g/mol. The zero-order chi connectivity index (χ0) is 10.6. The van der Waals surface area contributed by atoms with Gasteiger partial charge >= 0.3 is 0 Å². The second kappa shape index (κ2) is 4.53. The van der Waals surface area contributed by atoms with Crippen molar-refractivity contribution in [1.29, 1.82) is 0 Å². The van der Waals surface area contributed by atoms with Crippen LogP contribution >= 0.6 is 0 Å². The molecule has 0 aromatic carbocycles. The van der Waals surface area contributed by atoms with Gasteiger partial charge in [0.2, 0.25) is 0 Å². The van der Waals surface area contributed by atoms with E-state index in [4.69, 9.17) is 9.47 Å². The first kappa shape index (κ1) is 11.1. The third-order valence-corrected chi connectivity index (χ3v) is 1.89. The highest BCUT2D eigenvalue weighted by Gasteiger charge is 2.35. The van der Waals surface area contributed by atoms with Gasteiger partial charge in [-0.1, -0.05) is 18.2 Å². The van der Waals surface area contributed by atoms with Crippen LogP contribution < -0.4 is 0 Å². The van der Waals surface area contributed by atoms with Crippen LogP contribution in [0.5, 0.6) is 0 Å². The largest absolute Gasteiger partial charge is 0.347 e. The summed E-state index contributed by atoms with van der Waals surface area (Å²) in [6.07, 6.45) is 6.43. The summed E-state index contributed by atoms with van der Waals surface area (Å²) in [6.45, 7) is 5.84. The lowest BCUT2D eigenvalue weighted by molar-refractivity contribution is -0.149. The maximum absolute atomic E-state index is 11.5. The van der Waals surface area contributed by atoms with E-state index in [0.29, 0.717) is 6.61 Å². The van der Waals surface area contributed by atoms with E-state index in [1.54, 1.807) is 26.0 Å². The fourth-order valence-corrected chi connectivity index (χ4v) is 1.20. The van der Waals surface area contributed by atoms with E-state index in [9.17, 15) is 4.79 Å². The van der Waals surface area contributed by atoms with Crippen molar-refractivity contribution >= 4 is 5.78 Å². The van der Waals surface area contributed by atoms with Gasteiger partial charge in [0.1, 0.15) is 6.10 Å². The van der Waals surface area contributed by atoms with Crippen molar-refractivity contribution in [2.75, 3.05) is 6.61 Å². The summed E-state index contributed by atoms with van der Waals surface area (Å²) in [5.41, 5.74) is 0. The van der Waals surface area contributed by atoms with Crippen LogP contribution in [0, 0.1) is 0 Å². The number of carbonyl (C=O) groups excluding carboxylic acids is 1. The summed E-state index contributed by atoms with van der Waals surface area (Å²) in [5, 5.41) is 0. The normalized spacial score (nSPS) is 26.4. The van der Waals surface area contributed by atoms with E-state index in [1.807, 2.05) is 13.0 Å². The lowest BCUT2D eigenvalue weighted by Crippen LogP contribution is -2.25. The van der Waals surface area contributed by atoms with Gasteiger partial charge in [-0.25, -0.2) is 0 Å². The van der Waals surface area contributed by atoms with E-state index in [0.717, 1.165) is 0 Å². The number of hydrogen-bond donors (Lipinski definition) is 0. The molecule has 14 heavy (non-hydrogen) atoms. The summed E-state index contributed by atoms with van der Waals surface area (Å²) >= 11 is 0. The van der Waals surface area contributed by atoms with Crippen LogP contribution in [0.3, 0.4) is 0 Å². The molecule has 1 unspecified atom stereocenters. The van der Waals surface area contributed by atoms with Gasteiger partial charge in [-0.15, -0.1) is 0 Å². The van der Waals surface area contributed by atoms with E-state index in [2.05, 4.69) is 0 Å². The predicted molar refractivity (Wildman–Crippen MR) is 53.9 cm³/mol. The molecule has 1 rings (SSSR count). The maximum Gasteiger partial charge on any atom is 0.186 e. The molecule has 0 radical (unpaired) electrons. The molecule has 1 aliphatic heterocycles. The molecular formula is C11H16O3. The van der Waals surface area contributed by atoms with E-state index < -0.39 is 11.9 Å². The van der Waals surface area contributed by atoms with Gasteiger partial charge in [-0.2, -0.15) is 0 Å². The molecule has 0 amide bonds. The Labute approximate surface area is 84.4 Å². The van der Waals surface area contributed by atoms with Gasteiger partial charge in [0.05, 0.1) is 6.61 Å². The molecule has 0 saturated carbocycles. The van der Waals surface area contributed by atoms with Gasteiger partial charge in [-0.3, -0.25) is 4.79 Å². The van der Waals surface area contributed by atoms with Crippen molar-refractivity contribution in [1.82, 2.24) is 0 Å². The minimum Gasteiger partial charge on any atom is -0.347 e. The van der Waals surface area contributed by atoms with Crippen molar-refractivity contribution in [2.24, 2.45) is 0 Å². The highest BCUT2D eigenvalue weighted by molar-refractivity contribution is 5.94. The van der Waals surface area contributed by atoms with Crippen molar-refractivity contribution in [3.05, 3.63) is 24.3 Å². The molecule has 78 valence electrons. The molecular weight excluding hydrogens is 180 g/mol. The van der Waals surface area contributed by atoms with Crippen LogP contribution in [-0.2, 0) is 14.3 Å². The molecule has 1 fully saturated rings. The van der Waals surface area contributed by atoms with Gasteiger partial charge in [0.15, 0.2) is 11.6 Å². The zero-order valence-electron chi connectivity index (χ0n) is 8.82. The van der Waals surface area contributed by atoms with Crippen LogP contribution in [0.1, 0.15) is 20.8 Å². The monoisotopic (exact) mass is 196 g/mol. The molecule has 0 aromatic heterocycles. The van der Waals surface area contributed by atoms with Crippen molar-refractivity contribution in [3.8, 4) is 0 Å². The molecule has 0 aromatic rings. The van der Waals surface area contributed by atoms with Crippen LogP contribution in [0.2, 0.25) is 0 Å². The third kappa shape index (κ3) is 3.09. The summed E-state index contributed by atoms with van der Waals surface area (Å²) < 4.78 is 10.7. The maximum atomic E-state index is 11.5. The van der Waals surface area contributed by atoms with Gasteiger partial charge in [0.25, 0.3) is 0 Å². The average Bonchev–Trinajstić information content (AvgIpc) is 2.46. The Hall–Kier alpha value is -0.930. The molecule has 0 spiro atoms. The highest BCUT2D eigenvalue weighted by Crippen LogP contribution is 2.22. The second-order valence-corrected chi connectivity index (χ2v) is 3.60. The molecule has 0 N–H and O–H groups in total. The molecule has 3 heteroatoms. The Morgan fingerprint density at radius 2 is 2.14 bits per heavy atom. The Morgan fingerprint density at radius 3 is 2.64 bits per heavy atom. The number of hydrogen-bond acceptors (Lipinski definition) is 3.